The number of aromatic nitrogens is 1. The summed E-state index contributed by atoms with van der Waals surface area (Å²) in [5, 5.41) is 4.50. The third-order valence-electron chi connectivity index (χ3n) is 6.05. The van der Waals surface area contributed by atoms with Crippen molar-refractivity contribution >= 4 is 43.8 Å². The number of pyridine rings is 1. The van der Waals surface area contributed by atoms with Crippen molar-refractivity contribution in [2.24, 2.45) is 0 Å². The number of nitrogens with zero attached hydrogens (tertiary/aromatic N) is 1. The lowest BCUT2D eigenvalue weighted by atomic mass is 9.82. The van der Waals surface area contributed by atoms with Crippen molar-refractivity contribution in [1.29, 1.82) is 0 Å². The van der Waals surface area contributed by atoms with Crippen LogP contribution in [0.1, 0.15) is 32.1 Å². The molecule has 0 fully saturated rings. The van der Waals surface area contributed by atoms with E-state index in [2.05, 4.69) is 69.3 Å². The SMILES string of the molecule is Cc1cc2c(-c3cc(C(C)(C)C)c4ccccc4c3)nc3c4ccccc4oc3c2o1. The molecule has 31 heavy (non-hydrogen) atoms. The van der Waals surface area contributed by atoms with E-state index in [1.54, 1.807) is 0 Å². The van der Waals surface area contributed by atoms with Crippen LogP contribution in [0.15, 0.2) is 75.6 Å². The predicted molar refractivity (Wildman–Crippen MR) is 128 cm³/mol. The van der Waals surface area contributed by atoms with E-state index < -0.39 is 0 Å². The lowest BCUT2D eigenvalue weighted by Gasteiger charge is -2.22. The lowest BCUT2D eigenvalue weighted by molar-refractivity contribution is 0.569. The Bertz CT molecular complexity index is 1630. The third-order valence-corrected chi connectivity index (χ3v) is 6.05. The van der Waals surface area contributed by atoms with Gasteiger partial charge in [0.25, 0.3) is 0 Å². The summed E-state index contributed by atoms with van der Waals surface area (Å²) in [4.78, 5) is 5.15. The van der Waals surface area contributed by atoms with E-state index in [1.807, 2.05) is 25.1 Å². The van der Waals surface area contributed by atoms with Crippen LogP contribution in [0.25, 0.3) is 55.1 Å². The van der Waals surface area contributed by atoms with Crippen LogP contribution in [0.5, 0.6) is 0 Å². The van der Waals surface area contributed by atoms with Crippen LogP contribution in [0, 0.1) is 6.92 Å². The molecule has 3 aromatic carbocycles. The summed E-state index contributed by atoms with van der Waals surface area (Å²) in [6.45, 7) is 8.75. The van der Waals surface area contributed by atoms with Gasteiger partial charge in [-0.25, -0.2) is 4.98 Å². The number of furan rings is 2. The monoisotopic (exact) mass is 405 g/mol. The minimum Gasteiger partial charge on any atom is -0.457 e. The van der Waals surface area contributed by atoms with Gasteiger partial charge in [0.15, 0.2) is 11.2 Å². The quantitative estimate of drug-likeness (QED) is 0.277. The Morgan fingerprint density at radius 3 is 2.29 bits per heavy atom. The summed E-state index contributed by atoms with van der Waals surface area (Å²) in [5.41, 5.74) is 6.50. The molecule has 0 atom stereocenters. The minimum atomic E-state index is 0.00742. The van der Waals surface area contributed by atoms with Crippen molar-refractivity contribution in [3.8, 4) is 11.3 Å². The van der Waals surface area contributed by atoms with Crippen LogP contribution < -0.4 is 0 Å². The third kappa shape index (κ3) is 2.70. The summed E-state index contributed by atoms with van der Waals surface area (Å²) in [6.07, 6.45) is 0. The Morgan fingerprint density at radius 1 is 0.742 bits per heavy atom. The van der Waals surface area contributed by atoms with Crippen LogP contribution in [-0.4, -0.2) is 4.98 Å². The minimum absolute atomic E-state index is 0.00742. The molecule has 0 saturated heterocycles. The Balaban J connectivity index is 1.77. The van der Waals surface area contributed by atoms with E-state index in [4.69, 9.17) is 13.8 Å². The van der Waals surface area contributed by atoms with Gasteiger partial charge in [-0.2, -0.15) is 0 Å². The fraction of sp³-hybridized carbons (Fsp3) is 0.179. The highest BCUT2D eigenvalue weighted by Gasteiger charge is 2.22. The van der Waals surface area contributed by atoms with E-state index in [1.165, 1.54) is 16.3 Å². The van der Waals surface area contributed by atoms with Gasteiger partial charge in [-0.05, 0) is 59.0 Å². The maximum atomic E-state index is 6.16. The first kappa shape index (κ1) is 18.2. The Kier molecular flexibility index (Phi) is 3.64. The number of rotatable bonds is 1. The van der Waals surface area contributed by atoms with Crippen LogP contribution in [-0.2, 0) is 5.41 Å². The van der Waals surface area contributed by atoms with E-state index >= 15 is 0 Å². The molecular formula is C28H23NO2. The van der Waals surface area contributed by atoms with Gasteiger partial charge >= 0.3 is 0 Å². The largest absolute Gasteiger partial charge is 0.457 e. The van der Waals surface area contributed by atoms with Crippen molar-refractivity contribution in [3.63, 3.8) is 0 Å². The van der Waals surface area contributed by atoms with Crippen LogP contribution in [0.2, 0.25) is 0 Å². The van der Waals surface area contributed by atoms with Crippen LogP contribution in [0.4, 0.5) is 0 Å². The van der Waals surface area contributed by atoms with Gasteiger partial charge in [0.2, 0.25) is 0 Å². The second-order valence-corrected chi connectivity index (χ2v) is 9.33. The fourth-order valence-electron chi connectivity index (χ4n) is 4.62. The van der Waals surface area contributed by atoms with Gasteiger partial charge in [0.05, 0.1) is 11.1 Å². The molecule has 3 nitrogen and oxygen atoms in total. The number of hydrogen-bond donors (Lipinski definition) is 0. The molecular weight excluding hydrogens is 382 g/mol. The number of hydrogen-bond acceptors (Lipinski definition) is 3. The summed E-state index contributed by atoms with van der Waals surface area (Å²) in [5.74, 6) is 0.850. The molecule has 6 aromatic rings. The molecule has 0 aliphatic rings. The van der Waals surface area contributed by atoms with Crippen molar-refractivity contribution in [2.75, 3.05) is 0 Å². The summed E-state index contributed by atoms with van der Waals surface area (Å²) < 4.78 is 12.3. The average Bonchev–Trinajstić information content (AvgIpc) is 3.31. The number of aryl methyl sites for hydroxylation is 1. The van der Waals surface area contributed by atoms with E-state index in [-0.39, 0.29) is 5.41 Å². The molecule has 3 aromatic heterocycles. The van der Waals surface area contributed by atoms with Crippen molar-refractivity contribution in [1.82, 2.24) is 4.98 Å². The maximum absolute atomic E-state index is 6.16. The molecule has 0 aliphatic heterocycles. The first-order valence-corrected chi connectivity index (χ1v) is 10.7. The number of fused-ring (bicyclic) bond motifs is 6. The van der Waals surface area contributed by atoms with E-state index in [0.717, 1.165) is 44.5 Å². The van der Waals surface area contributed by atoms with Crippen LogP contribution in [0.3, 0.4) is 0 Å². The Hall–Kier alpha value is -3.59. The average molecular weight is 405 g/mol. The first-order chi connectivity index (χ1) is 14.9. The molecule has 0 amide bonds. The van der Waals surface area contributed by atoms with Gasteiger partial charge in [-0.15, -0.1) is 0 Å². The molecule has 6 rings (SSSR count). The molecule has 3 heteroatoms. The van der Waals surface area contributed by atoms with Crippen LogP contribution >= 0.6 is 0 Å². The smallest absolute Gasteiger partial charge is 0.196 e. The molecule has 0 radical (unpaired) electrons. The van der Waals surface area contributed by atoms with E-state index in [9.17, 15) is 0 Å². The molecule has 152 valence electrons. The van der Waals surface area contributed by atoms with Gasteiger partial charge in [-0.3, -0.25) is 0 Å². The molecule has 3 heterocycles. The Morgan fingerprint density at radius 2 is 1.48 bits per heavy atom. The molecule has 0 N–H and O–H groups in total. The maximum Gasteiger partial charge on any atom is 0.196 e. The highest BCUT2D eigenvalue weighted by molar-refractivity contribution is 6.14. The number of para-hydroxylation sites is 1. The topological polar surface area (TPSA) is 39.2 Å². The van der Waals surface area contributed by atoms with E-state index in [0.29, 0.717) is 5.58 Å². The first-order valence-electron chi connectivity index (χ1n) is 10.7. The lowest BCUT2D eigenvalue weighted by Crippen LogP contribution is -2.12. The molecule has 0 spiro atoms. The molecule has 0 aliphatic carbocycles. The normalized spacial score (nSPS) is 12.5. The zero-order valence-corrected chi connectivity index (χ0v) is 18.1. The molecule has 0 bridgehead atoms. The van der Waals surface area contributed by atoms with Crippen molar-refractivity contribution in [2.45, 2.75) is 33.1 Å². The zero-order valence-electron chi connectivity index (χ0n) is 18.1. The zero-order chi connectivity index (χ0) is 21.3. The predicted octanol–water partition coefficient (Wildman–Crippen LogP) is 8.15. The van der Waals surface area contributed by atoms with Gasteiger partial charge in [-0.1, -0.05) is 57.2 Å². The molecule has 0 saturated carbocycles. The van der Waals surface area contributed by atoms with Crippen molar-refractivity contribution in [3.05, 3.63) is 78.1 Å². The van der Waals surface area contributed by atoms with Crippen molar-refractivity contribution < 1.29 is 8.83 Å². The highest BCUT2D eigenvalue weighted by Crippen LogP contribution is 2.41. The summed E-state index contributed by atoms with van der Waals surface area (Å²) in [7, 11) is 0. The highest BCUT2D eigenvalue weighted by atomic mass is 16.4. The standard InChI is InChI=1S/C28H23NO2/c1-16-13-21-24(18-14-17-9-5-6-10-19(17)22(15-18)28(2,3)4)29-25-20-11-7-8-12-23(20)31-27(25)26(21)30-16/h5-15H,1-4H3. The van der Waals surface area contributed by atoms with Gasteiger partial charge in [0, 0.05) is 10.9 Å². The second kappa shape index (κ2) is 6.21. The Labute approximate surface area is 180 Å². The molecule has 0 unspecified atom stereocenters. The summed E-state index contributed by atoms with van der Waals surface area (Å²) >= 11 is 0. The van der Waals surface area contributed by atoms with Gasteiger partial charge < -0.3 is 8.83 Å². The van der Waals surface area contributed by atoms with Gasteiger partial charge in [0.1, 0.15) is 16.9 Å². The number of benzene rings is 3. The second-order valence-electron chi connectivity index (χ2n) is 9.33. The fourth-order valence-corrected chi connectivity index (χ4v) is 4.62. The summed E-state index contributed by atoms with van der Waals surface area (Å²) in [6, 6.07) is 23.2.